The Morgan fingerprint density at radius 3 is 2.82 bits per heavy atom. The lowest BCUT2D eigenvalue weighted by molar-refractivity contribution is 0.200. The van der Waals surface area contributed by atoms with Crippen molar-refractivity contribution in [3.8, 4) is 0 Å². The van der Waals surface area contributed by atoms with Gasteiger partial charge in [-0.1, -0.05) is 0 Å². The van der Waals surface area contributed by atoms with Gasteiger partial charge in [0.25, 0.3) is 0 Å². The van der Waals surface area contributed by atoms with E-state index in [1.807, 2.05) is 30.9 Å². The minimum absolute atomic E-state index is 0.0657. The second-order valence-electron chi connectivity index (χ2n) is 6.92. The molecular weight excluding hydrogens is 376 g/mol. The first-order chi connectivity index (χ1) is 13.4. The number of thiazole rings is 1. The molecule has 2 amide bonds. The van der Waals surface area contributed by atoms with Gasteiger partial charge in [0, 0.05) is 31.4 Å². The van der Waals surface area contributed by atoms with E-state index in [2.05, 4.69) is 37.1 Å². The standard InChI is InChI=1S/C18H22N8OS/c1-10-4-5-13(12(3)21-10)22-18(27)25-6-7-26(11(2)8-25)15-14-16(28-9-20-14)24-17(19)23-15/h4-5,9,11H,6-8H2,1-3H3,(H,22,27)(H2,19,23,24). The Morgan fingerprint density at radius 1 is 1.25 bits per heavy atom. The van der Waals surface area contributed by atoms with E-state index in [0.717, 1.165) is 33.2 Å². The number of fused-ring (bicyclic) bond motifs is 1. The SMILES string of the molecule is Cc1ccc(NC(=O)N2CCN(c3nc(N)nc4scnc34)C(C)C2)c(C)n1. The van der Waals surface area contributed by atoms with Crippen LogP contribution < -0.4 is 16.0 Å². The molecule has 3 N–H and O–H groups in total. The van der Waals surface area contributed by atoms with Gasteiger partial charge in [-0.15, -0.1) is 11.3 Å². The van der Waals surface area contributed by atoms with Crippen LogP contribution in [-0.2, 0) is 0 Å². The van der Waals surface area contributed by atoms with E-state index in [-0.39, 0.29) is 18.0 Å². The molecule has 0 bridgehead atoms. The van der Waals surface area contributed by atoms with Crippen molar-refractivity contribution in [3.05, 3.63) is 29.0 Å². The normalized spacial score (nSPS) is 17.2. The number of rotatable bonds is 2. The average molecular weight is 398 g/mol. The van der Waals surface area contributed by atoms with Gasteiger partial charge in [-0.2, -0.15) is 4.98 Å². The van der Waals surface area contributed by atoms with Crippen molar-refractivity contribution in [3.63, 3.8) is 0 Å². The summed E-state index contributed by atoms with van der Waals surface area (Å²) in [5.74, 6) is 0.969. The number of aryl methyl sites for hydroxylation is 2. The number of nitrogens with two attached hydrogens (primary N) is 1. The zero-order chi connectivity index (χ0) is 19.8. The predicted octanol–water partition coefficient (Wildman–Crippen LogP) is 2.42. The van der Waals surface area contributed by atoms with Gasteiger partial charge in [0.2, 0.25) is 5.95 Å². The van der Waals surface area contributed by atoms with Gasteiger partial charge >= 0.3 is 6.03 Å². The maximum Gasteiger partial charge on any atom is 0.322 e. The molecule has 10 heteroatoms. The number of nitrogen functional groups attached to an aromatic ring is 1. The number of hydrogen-bond acceptors (Lipinski definition) is 8. The third-order valence-electron chi connectivity index (χ3n) is 4.85. The number of nitrogens with one attached hydrogen (secondary N) is 1. The Labute approximate surface area is 166 Å². The second kappa shape index (κ2) is 7.19. The summed E-state index contributed by atoms with van der Waals surface area (Å²) < 4.78 is 0. The number of nitrogens with zero attached hydrogens (tertiary/aromatic N) is 6. The summed E-state index contributed by atoms with van der Waals surface area (Å²) in [6.07, 6.45) is 0. The van der Waals surface area contributed by atoms with Crippen LogP contribution in [0, 0.1) is 13.8 Å². The zero-order valence-electron chi connectivity index (χ0n) is 16.0. The summed E-state index contributed by atoms with van der Waals surface area (Å²) in [5, 5.41) is 2.97. The van der Waals surface area contributed by atoms with Crippen molar-refractivity contribution in [1.82, 2.24) is 24.8 Å². The molecule has 1 aliphatic rings. The molecule has 0 saturated carbocycles. The number of aromatic nitrogens is 4. The number of pyridine rings is 1. The van der Waals surface area contributed by atoms with E-state index < -0.39 is 0 Å². The van der Waals surface area contributed by atoms with Crippen LogP contribution in [0.25, 0.3) is 10.3 Å². The van der Waals surface area contributed by atoms with Crippen LogP contribution in [0.4, 0.5) is 22.2 Å². The molecule has 146 valence electrons. The Kier molecular flexibility index (Phi) is 4.71. The Morgan fingerprint density at radius 2 is 2.07 bits per heavy atom. The van der Waals surface area contributed by atoms with E-state index >= 15 is 0 Å². The smallest absolute Gasteiger partial charge is 0.322 e. The zero-order valence-corrected chi connectivity index (χ0v) is 16.8. The molecule has 1 fully saturated rings. The third kappa shape index (κ3) is 3.42. The first-order valence-corrected chi connectivity index (χ1v) is 9.94. The van der Waals surface area contributed by atoms with Crippen molar-refractivity contribution < 1.29 is 4.79 Å². The fraction of sp³-hybridized carbons (Fsp3) is 0.389. The highest BCUT2D eigenvalue weighted by atomic mass is 32.1. The molecular formula is C18H22N8OS. The van der Waals surface area contributed by atoms with Gasteiger partial charge in [0.05, 0.1) is 16.9 Å². The van der Waals surface area contributed by atoms with E-state index in [9.17, 15) is 4.79 Å². The van der Waals surface area contributed by atoms with E-state index in [1.54, 1.807) is 5.51 Å². The van der Waals surface area contributed by atoms with Crippen LogP contribution in [0.3, 0.4) is 0 Å². The molecule has 0 aliphatic carbocycles. The lowest BCUT2D eigenvalue weighted by Gasteiger charge is -2.40. The Hall–Kier alpha value is -3.01. The number of amides is 2. The van der Waals surface area contributed by atoms with Gasteiger partial charge in [-0.05, 0) is 32.9 Å². The summed E-state index contributed by atoms with van der Waals surface area (Å²) in [6.45, 7) is 7.67. The van der Waals surface area contributed by atoms with E-state index in [4.69, 9.17) is 5.73 Å². The molecule has 0 radical (unpaired) electrons. The number of anilines is 3. The second-order valence-corrected chi connectivity index (χ2v) is 7.75. The molecule has 3 aromatic heterocycles. The average Bonchev–Trinajstić information content (AvgIpc) is 3.11. The summed E-state index contributed by atoms with van der Waals surface area (Å²) in [4.78, 5) is 34.9. The van der Waals surface area contributed by atoms with Crippen molar-refractivity contribution in [2.45, 2.75) is 26.8 Å². The Bertz CT molecular complexity index is 1040. The topological polar surface area (TPSA) is 113 Å². The van der Waals surface area contributed by atoms with Crippen molar-refractivity contribution in [2.75, 3.05) is 35.6 Å². The highest BCUT2D eigenvalue weighted by molar-refractivity contribution is 7.16. The highest BCUT2D eigenvalue weighted by Gasteiger charge is 2.29. The molecule has 1 saturated heterocycles. The Balaban J connectivity index is 1.49. The quantitative estimate of drug-likeness (QED) is 0.681. The molecule has 4 rings (SSSR count). The summed E-state index contributed by atoms with van der Waals surface area (Å²) in [6, 6.07) is 3.72. The lowest BCUT2D eigenvalue weighted by atomic mass is 10.2. The number of piperazine rings is 1. The van der Waals surface area contributed by atoms with Crippen LogP contribution in [0.15, 0.2) is 17.6 Å². The molecule has 1 aliphatic heterocycles. The van der Waals surface area contributed by atoms with E-state index in [0.29, 0.717) is 19.6 Å². The van der Waals surface area contributed by atoms with Crippen LogP contribution in [0.1, 0.15) is 18.3 Å². The molecule has 3 aromatic rings. The fourth-order valence-electron chi connectivity index (χ4n) is 3.43. The molecule has 28 heavy (non-hydrogen) atoms. The highest BCUT2D eigenvalue weighted by Crippen LogP contribution is 2.28. The molecule has 1 atom stereocenters. The lowest BCUT2D eigenvalue weighted by Crippen LogP contribution is -2.55. The number of urea groups is 1. The molecule has 0 aromatic carbocycles. The van der Waals surface area contributed by atoms with Gasteiger partial charge in [0.15, 0.2) is 10.6 Å². The monoisotopic (exact) mass is 398 g/mol. The maximum absolute atomic E-state index is 12.7. The summed E-state index contributed by atoms with van der Waals surface area (Å²) in [5.41, 5.74) is 10.8. The number of hydrogen-bond donors (Lipinski definition) is 2. The molecule has 1 unspecified atom stereocenters. The maximum atomic E-state index is 12.7. The van der Waals surface area contributed by atoms with Crippen molar-refractivity contribution >= 4 is 45.2 Å². The van der Waals surface area contributed by atoms with E-state index in [1.165, 1.54) is 11.3 Å². The first kappa shape index (κ1) is 18.4. The predicted molar refractivity (Wildman–Crippen MR) is 111 cm³/mol. The first-order valence-electron chi connectivity index (χ1n) is 9.06. The summed E-state index contributed by atoms with van der Waals surface area (Å²) >= 11 is 1.44. The van der Waals surface area contributed by atoms with Gasteiger partial charge < -0.3 is 20.9 Å². The van der Waals surface area contributed by atoms with Gasteiger partial charge in [-0.3, -0.25) is 4.98 Å². The van der Waals surface area contributed by atoms with Crippen LogP contribution in [0.2, 0.25) is 0 Å². The molecule has 0 spiro atoms. The van der Waals surface area contributed by atoms with Gasteiger partial charge in [-0.25, -0.2) is 14.8 Å². The third-order valence-corrected chi connectivity index (χ3v) is 5.57. The summed E-state index contributed by atoms with van der Waals surface area (Å²) in [7, 11) is 0. The minimum atomic E-state index is -0.124. The molecule has 9 nitrogen and oxygen atoms in total. The number of carbonyl (C=O) groups is 1. The minimum Gasteiger partial charge on any atom is -0.368 e. The van der Waals surface area contributed by atoms with Crippen LogP contribution in [-0.4, -0.2) is 56.5 Å². The van der Waals surface area contributed by atoms with Crippen molar-refractivity contribution in [2.24, 2.45) is 0 Å². The largest absolute Gasteiger partial charge is 0.368 e. The number of carbonyl (C=O) groups excluding carboxylic acids is 1. The molecule has 4 heterocycles. The van der Waals surface area contributed by atoms with Gasteiger partial charge in [0.1, 0.15) is 5.52 Å². The van der Waals surface area contributed by atoms with Crippen molar-refractivity contribution in [1.29, 1.82) is 0 Å². The van der Waals surface area contributed by atoms with Crippen LogP contribution in [0.5, 0.6) is 0 Å². The van der Waals surface area contributed by atoms with Crippen LogP contribution >= 0.6 is 11.3 Å². The fourth-order valence-corrected chi connectivity index (χ4v) is 4.09.